The third kappa shape index (κ3) is 9.66. The molecule has 0 bridgehead atoms. The number of nitrogens with zero attached hydrogens (tertiary/aromatic N) is 6. The van der Waals surface area contributed by atoms with Gasteiger partial charge >= 0.3 is 16.3 Å². The van der Waals surface area contributed by atoms with Gasteiger partial charge in [0.1, 0.15) is 68.3 Å². The predicted molar refractivity (Wildman–Crippen MR) is 171 cm³/mol. The number of aromatic nitrogens is 5. The fourth-order valence-corrected chi connectivity index (χ4v) is 7.69. The van der Waals surface area contributed by atoms with Crippen molar-refractivity contribution in [2.24, 2.45) is 5.73 Å². The molecule has 288 valence electrons. The molecule has 0 saturated carbocycles. The van der Waals surface area contributed by atoms with Crippen LogP contribution in [-0.2, 0) is 22.8 Å². The maximum atomic E-state index is 12.6. The second-order valence-corrected chi connectivity index (χ2v) is 16.2. The molecule has 10 N–H and O–H groups in total. The molecule has 5 heterocycles. The van der Waals surface area contributed by atoms with Crippen molar-refractivity contribution in [3.05, 3.63) is 42.7 Å². The molecule has 1 amide bonds. The minimum atomic E-state index is -5.41. The fourth-order valence-electron chi connectivity index (χ4n) is 5.60. The standard InChI is InChI=1S/C27H40N8O15P2/c1-35(2,3)9-15(36)7-29-24-18-25(31-12-30-24)34(13-32-18)27-22(40)20(38)17(49-27)11-47-52(44,45)50-51(42,43)46-10-16-19(37)21(39)26(48-16)33-6-4-5-14(8-33)23(28)41/h4-6,8,12-13,15-17,19-22,26-27,36-40H,7,9-11H2,1-3H3,(H3-2,28,29,30,31,41,42,43,44,45)/p+2/t15?,16-,17-,19-,20-,21-,22-,26-,27-/m1/s1. The molecule has 23 nitrogen and oxygen atoms in total. The Bertz CT molecular complexity index is 1700. The van der Waals surface area contributed by atoms with Gasteiger partial charge in [-0.15, -0.1) is 0 Å². The number of quaternary nitrogens is 1. The Morgan fingerprint density at radius 3 is 2.31 bits per heavy atom. The highest BCUT2D eigenvalue weighted by atomic mass is 31.3. The quantitative estimate of drug-likeness (QED) is 0.0372. The molecular weight excluding hydrogens is 738 g/mol. The van der Waals surface area contributed by atoms with E-state index in [2.05, 4.69) is 24.6 Å². The van der Waals surface area contributed by atoms with Crippen molar-refractivity contribution in [1.82, 2.24) is 19.5 Å². The molecular formula is C27H42N8O15P2+2. The first-order valence-electron chi connectivity index (χ1n) is 15.6. The number of phosphoric ester groups is 2. The maximum absolute atomic E-state index is 12.6. The van der Waals surface area contributed by atoms with Gasteiger partial charge in [0.15, 0.2) is 41.7 Å². The van der Waals surface area contributed by atoms with E-state index < -0.39 is 90.6 Å². The highest BCUT2D eigenvalue weighted by Crippen LogP contribution is 2.65. The third-order valence-electron chi connectivity index (χ3n) is 7.98. The second kappa shape index (κ2) is 15.9. The van der Waals surface area contributed by atoms with Crippen molar-refractivity contribution in [2.75, 3.05) is 52.8 Å². The first kappa shape index (κ1) is 40.4. The number of carbonyl (C=O) groups is 1. The minimum Gasteiger partial charge on any atom is -0.603 e. The Kier molecular flexibility index (Phi) is 12.4. The fraction of sp³-hybridized carbons (Fsp3) is 0.593. The second-order valence-electron chi connectivity index (χ2n) is 13.2. The minimum absolute atomic E-state index is 0.0653. The maximum Gasteiger partial charge on any atom is 0.434 e. The van der Waals surface area contributed by atoms with E-state index in [0.717, 1.165) is 0 Å². The smallest absolute Gasteiger partial charge is 0.434 e. The summed E-state index contributed by atoms with van der Waals surface area (Å²) in [6.45, 7) is -1.22. The highest BCUT2D eigenvalue weighted by molar-refractivity contribution is 7.66. The number of fused-ring (bicyclic) bond motifs is 1. The van der Waals surface area contributed by atoms with Crippen LogP contribution in [0.25, 0.3) is 11.2 Å². The average molecular weight is 781 g/mol. The number of likely N-dealkylation sites (N-methyl/N-ethyl adjacent to an activating group) is 1. The molecule has 5 rings (SSSR count). The molecule has 0 aromatic carbocycles. The lowest BCUT2D eigenvalue weighted by Gasteiger charge is -2.26. The zero-order chi connectivity index (χ0) is 38.2. The van der Waals surface area contributed by atoms with Gasteiger partial charge in [0, 0.05) is 16.9 Å². The van der Waals surface area contributed by atoms with Crippen molar-refractivity contribution in [2.45, 2.75) is 55.2 Å². The molecule has 2 aliphatic rings. The number of ether oxygens (including phenoxy) is 2. The molecule has 3 unspecified atom stereocenters. The zero-order valence-electron chi connectivity index (χ0n) is 28.0. The summed E-state index contributed by atoms with van der Waals surface area (Å²) >= 11 is 0. The van der Waals surface area contributed by atoms with Gasteiger partial charge in [0.05, 0.1) is 27.5 Å². The van der Waals surface area contributed by atoms with Crippen LogP contribution in [0.3, 0.4) is 0 Å². The van der Waals surface area contributed by atoms with Crippen LogP contribution in [0, 0.1) is 0 Å². The van der Waals surface area contributed by atoms with Gasteiger partial charge in [-0.2, -0.15) is 23.4 Å². The largest absolute Gasteiger partial charge is 0.603 e. The molecule has 52 heavy (non-hydrogen) atoms. The number of aliphatic hydroxyl groups excluding tert-OH is 5. The average Bonchev–Trinajstić information content (AvgIpc) is 3.70. The summed E-state index contributed by atoms with van der Waals surface area (Å²) in [4.78, 5) is 69.5. The number of nitrogens with one attached hydrogen (secondary N) is 1. The number of hydrogen-bond acceptors (Lipinski definition) is 19. The van der Waals surface area contributed by atoms with Gasteiger partial charge in [-0.1, -0.05) is 0 Å². The SMILES string of the molecule is C[N+](C)(C)CC(O)CNc1ncnc2c1ncn2[C@@H]1O[C@H](CO[P+]([O-])(O)O[P+]([O-])(O)OC[C@H]2O[C@@H]([n+]3cccc(C(N)=O)c3)[C@H](O)[C@@H]2O)[C@@H](O)[C@H]1O. The van der Waals surface area contributed by atoms with E-state index >= 15 is 0 Å². The molecule has 11 atom stereocenters. The van der Waals surface area contributed by atoms with Crippen LogP contribution in [0.1, 0.15) is 22.8 Å². The van der Waals surface area contributed by atoms with Gasteiger partial charge in [0.25, 0.3) is 12.1 Å². The Morgan fingerprint density at radius 1 is 1.04 bits per heavy atom. The van der Waals surface area contributed by atoms with E-state index in [1.54, 1.807) is 0 Å². The summed E-state index contributed by atoms with van der Waals surface area (Å²) in [5.41, 5.74) is 5.77. The van der Waals surface area contributed by atoms with Crippen LogP contribution >= 0.6 is 16.3 Å². The summed E-state index contributed by atoms with van der Waals surface area (Å²) in [6, 6.07) is 2.84. The van der Waals surface area contributed by atoms with Gasteiger partial charge in [-0.05, 0) is 6.07 Å². The first-order chi connectivity index (χ1) is 24.2. The van der Waals surface area contributed by atoms with Crippen LogP contribution in [0.2, 0.25) is 0 Å². The molecule has 2 fully saturated rings. The molecule has 3 aromatic heterocycles. The third-order valence-corrected chi connectivity index (χ3v) is 10.6. The van der Waals surface area contributed by atoms with Crippen molar-refractivity contribution >= 4 is 39.2 Å². The lowest BCUT2D eigenvalue weighted by Crippen LogP contribution is -2.46. The normalized spacial score (nSPS) is 29.5. The van der Waals surface area contributed by atoms with Crippen molar-refractivity contribution in [3.8, 4) is 0 Å². The molecule has 0 spiro atoms. The van der Waals surface area contributed by atoms with E-state index in [0.29, 0.717) is 11.0 Å². The van der Waals surface area contributed by atoms with Crippen LogP contribution in [0.15, 0.2) is 37.2 Å². The Morgan fingerprint density at radius 2 is 1.67 bits per heavy atom. The zero-order valence-corrected chi connectivity index (χ0v) is 29.8. The van der Waals surface area contributed by atoms with Gasteiger partial charge < -0.3 is 60.3 Å². The molecule has 0 radical (unpaired) electrons. The number of carbonyl (C=O) groups excluding carboxylic acids is 1. The molecule has 0 aliphatic carbocycles. The van der Waals surface area contributed by atoms with Crippen LogP contribution in [0.4, 0.5) is 5.82 Å². The number of hydrogen-bond donors (Lipinski definition) is 9. The Balaban J connectivity index is 1.15. The van der Waals surface area contributed by atoms with Gasteiger partial charge in [-0.3, -0.25) is 9.36 Å². The number of primary amides is 1. The van der Waals surface area contributed by atoms with Gasteiger partial charge in [0.2, 0.25) is 0 Å². The van der Waals surface area contributed by atoms with E-state index in [4.69, 9.17) is 24.3 Å². The molecule has 2 aliphatic heterocycles. The number of anilines is 1. The van der Waals surface area contributed by atoms with E-state index in [-0.39, 0.29) is 29.1 Å². The lowest BCUT2D eigenvalue weighted by atomic mass is 10.1. The lowest BCUT2D eigenvalue weighted by molar-refractivity contribution is -0.873. The number of rotatable bonds is 16. The van der Waals surface area contributed by atoms with E-state index in [9.17, 15) is 49.9 Å². The molecule has 3 aromatic rings. The summed E-state index contributed by atoms with van der Waals surface area (Å²) in [5, 5.41) is 55.6. The number of imidazole rings is 1. The number of pyridine rings is 1. The van der Waals surface area contributed by atoms with Crippen LogP contribution in [0.5, 0.6) is 0 Å². The number of nitrogens with two attached hydrogens (primary N) is 1. The summed E-state index contributed by atoms with van der Waals surface area (Å²) in [5.74, 6) is -0.486. The molecule has 2 saturated heterocycles. The summed E-state index contributed by atoms with van der Waals surface area (Å²) < 4.78 is 28.1. The summed E-state index contributed by atoms with van der Waals surface area (Å²) in [6.07, 6.45) is -7.63. The van der Waals surface area contributed by atoms with E-state index in [1.165, 1.54) is 46.3 Å². The van der Waals surface area contributed by atoms with Crippen LogP contribution < -0.4 is 25.4 Å². The first-order valence-corrected chi connectivity index (χ1v) is 18.6. The predicted octanol–water partition coefficient (Wildman–Crippen LogP) is -5.26. The number of amides is 1. The van der Waals surface area contributed by atoms with Crippen molar-refractivity contribution in [1.29, 1.82) is 0 Å². The van der Waals surface area contributed by atoms with E-state index in [1.807, 2.05) is 21.1 Å². The highest BCUT2D eigenvalue weighted by Gasteiger charge is 2.53. The van der Waals surface area contributed by atoms with Gasteiger partial charge in [-0.25, -0.2) is 15.0 Å². The Labute approximate surface area is 296 Å². The Hall–Kier alpha value is -2.77. The van der Waals surface area contributed by atoms with Crippen LogP contribution in [-0.4, -0.2) is 155 Å². The molecule has 25 heteroatoms. The van der Waals surface area contributed by atoms with Crippen molar-refractivity contribution < 1.29 is 81.8 Å². The monoisotopic (exact) mass is 780 g/mol. The topological polar surface area (TPSA) is 336 Å². The van der Waals surface area contributed by atoms with Crippen molar-refractivity contribution in [3.63, 3.8) is 0 Å². The number of phosphoric acid groups is 2. The number of aliphatic hydroxyl groups is 5. The summed E-state index contributed by atoms with van der Waals surface area (Å²) in [7, 11) is -5.02.